The van der Waals surface area contributed by atoms with Crippen LogP contribution in [0.1, 0.15) is 35.2 Å². The zero-order valence-electron chi connectivity index (χ0n) is 25.9. The number of thiazole rings is 1. The Morgan fingerprint density at radius 3 is 2.38 bits per heavy atom. The van der Waals surface area contributed by atoms with Gasteiger partial charge in [-0.15, -0.1) is 0 Å². The lowest BCUT2D eigenvalue weighted by molar-refractivity contribution is -0.138. The summed E-state index contributed by atoms with van der Waals surface area (Å²) in [6.45, 7) is 1.84. The van der Waals surface area contributed by atoms with E-state index in [1.165, 1.54) is 29.1 Å². The number of carbonyl (C=O) groups is 1. The van der Waals surface area contributed by atoms with E-state index in [1.54, 1.807) is 68.6 Å². The third kappa shape index (κ3) is 6.32. The minimum absolute atomic E-state index is 0.0457. The SMILES string of the molecule is CCOC(=O)C1=C(c2ccccc2)N=c2s/c(=C\c3cccc(OC)c3OCc3ccccc3F)c(=O)n2[C@H]1c1ccc(OC)cc1. The van der Waals surface area contributed by atoms with Gasteiger partial charge in [0.05, 0.1) is 42.7 Å². The molecule has 1 aromatic heterocycles. The van der Waals surface area contributed by atoms with E-state index in [1.807, 2.05) is 42.5 Å². The summed E-state index contributed by atoms with van der Waals surface area (Å²) >= 11 is 1.19. The molecule has 6 rings (SSSR count). The number of methoxy groups -OCH3 is 2. The molecule has 1 atom stereocenters. The van der Waals surface area contributed by atoms with E-state index < -0.39 is 12.0 Å². The Kier molecular flexibility index (Phi) is 9.30. The molecule has 4 aromatic carbocycles. The first-order valence-corrected chi connectivity index (χ1v) is 15.7. The molecular formula is C37H31FN2O6S. The Labute approximate surface area is 274 Å². The van der Waals surface area contributed by atoms with Crippen molar-refractivity contribution in [3.8, 4) is 17.2 Å². The second kappa shape index (κ2) is 13.9. The number of fused-ring (bicyclic) bond motifs is 1. The molecule has 0 amide bonds. The number of carbonyl (C=O) groups excluding carboxylic acids is 1. The largest absolute Gasteiger partial charge is 0.497 e. The highest BCUT2D eigenvalue weighted by Crippen LogP contribution is 2.36. The second-order valence-electron chi connectivity index (χ2n) is 10.5. The number of ether oxygens (including phenoxy) is 4. The van der Waals surface area contributed by atoms with Crippen LogP contribution in [0.4, 0.5) is 4.39 Å². The zero-order chi connectivity index (χ0) is 32.9. The van der Waals surface area contributed by atoms with Crippen LogP contribution >= 0.6 is 11.3 Å². The maximum Gasteiger partial charge on any atom is 0.338 e. The van der Waals surface area contributed by atoms with E-state index in [2.05, 4.69) is 0 Å². The quantitative estimate of drug-likeness (QED) is 0.181. The molecule has 0 spiro atoms. The minimum atomic E-state index is -0.837. The molecule has 2 heterocycles. The van der Waals surface area contributed by atoms with Gasteiger partial charge in [-0.25, -0.2) is 14.2 Å². The van der Waals surface area contributed by atoms with Gasteiger partial charge in [0, 0.05) is 16.7 Å². The van der Waals surface area contributed by atoms with Gasteiger partial charge in [0.2, 0.25) is 0 Å². The van der Waals surface area contributed by atoms with E-state index in [0.717, 1.165) is 0 Å². The van der Waals surface area contributed by atoms with E-state index in [4.69, 9.17) is 23.9 Å². The van der Waals surface area contributed by atoms with Crippen molar-refractivity contribution in [2.75, 3.05) is 20.8 Å². The van der Waals surface area contributed by atoms with Gasteiger partial charge in [0.15, 0.2) is 16.3 Å². The molecule has 1 aliphatic rings. The van der Waals surface area contributed by atoms with Gasteiger partial charge in [0.1, 0.15) is 18.2 Å². The first-order valence-electron chi connectivity index (χ1n) is 14.9. The summed E-state index contributed by atoms with van der Waals surface area (Å²) in [5.41, 5.74) is 2.64. The summed E-state index contributed by atoms with van der Waals surface area (Å²) in [6, 6.07) is 27.4. The van der Waals surface area contributed by atoms with Crippen LogP contribution in [-0.2, 0) is 16.1 Å². The van der Waals surface area contributed by atoms with Gasteiger partial charge >= 0.3 is 5.97 Å². The highest BCUT2D eigenvalue weighted by molar-refractivity contribution is 7.07. The van der Waals surface area contributed by atoms with Crippen molar-refractivity contribution in [3.05, 3.63) is 150 Å². The molecule has 8 nitrogen and oxygen atoms in total. The smallest absolute Gasteiger partial charge is 0.338 e. The topological polar surface area (TPSA) is 88.4 Å². The highest BCUT2D eigenvalue weighted by Gasteiger charge is 2.35. The number of para-hydroxylation sites is 1. The summed E-state index contributed by atoms with van der Waals surface area (Å²) in [5, 5.41) is 0. The summed E-state index contributed by atoms with van der Waals surface area (Å²) in [4.78, 5) is 33.3. The van der Waals surface area contributed by atoms with Crippen molar-refractivity contribution < 1.29 is 28.1 Å². The van der Waals surface area contributed by atoms with Crippen LogP contribution in [0.3, 0.4) is 0 Å². The van der Waals surface area contributed by atoms with Crippen LogP contribution in [0.2, 0.25) is 0 Å². The molecule has 0 N–H and O–H groups in total. The molecule has 5 aromatic rings. The van der Waals surface area contributed by atoms with E-state index in [9.17, 15) is 14.0 Å². The number of benzene rings is 4. The van der Waals surface area contributed by atoms with Gasteiger partial charge in [-0.1, -0.05) is 84.1 Å². The second-order valence-corrected chi connectivity index (χ2v) is 11.5. The Hall–Kier alpha value is -5.48. The number of halogens is 1. The summed E-state index contributed by atoms with van der Waals surface area (Å²) in [6.07, 6.45) is 1.70. The molecule has 0 fully saturated rings. The number of aromatic nitrogens is 1. The zero-order valence-corrected chi connectivity index (χ0v) is 26.8. The maximum absolute atomic E-state index is 14.4. The molecule has 10 heteroatoms. The number of esters is 1. The molecule has 0 bridgehead atoms. The van der Waals surface area contributed by atoms with E-state index in [-0.39, 0.29) is 30.2 Å². The van der Waals surface area contributed by atoms with Crippen molar-refractivity contribution in [1.29, 1.82) is 0 Å². The first-order chi connectivity index (χ1) is 22.9. The fourth-order valence-corrected chi connectivity index (χ4v) is 6.40. The molecule has 0 unspecified atom stereocenters. The third-order valence-electron chi connectivity index (χ3n) is 7.65. The number of hydrogen-bond donors (Lipinski definition) is 0. The monoisotopic (exact) mass is 650 g/mol. The number of hydrogen-bond acceptors (Lipinski definition) is 8. The van der Waals surface area contributed by atoms with Crippen molar-refractivity contribution in [2.24, 2.45) is 4.99 Å². The van der Waals surface area contributed by atoms with Crippen molar-refractivity contribution in [3.63, 3.8) is 0 Å². The van der Waals surface area contributed by atoms with Gasteiger partial charge in [-0.05, 0) is 42.8 Å². The lowest BCUT2D eigenvalue weighted by Crippen LogP contribution is -2.40. The van der Waals surface area contributed by atoms with Crippen LogP contribution < -0.4 is 29.1 Å². The van der Waals surface area contributed by atoms with E-state index >= 15 is 0 Å². The van der Waals surface area contributed by atoms with Crippen molar-refractivity contribution >= 4 is 29.1 Å². The summed E-state index contributed by atoms with van der Waals surface area (Å²) < 4.78 is 38.9. The van der Waals surface area contributed by atoms with Crippen LogP contribution in [0.15, 0.2) is 112 Å². The molecule has 0 saturated carbocycles. The summed E-state index contributed by atoms with van der Waals surface area (Å²) in [5.74, 6) is 0.458. The molecule has 0 radical (unpaired) electrons. The maximum atomic E-state index is 14.4. The predicted octanol–water partition coefficient (Wildman–Crippen LogP) is 5.67. The van der Waals surface area contributed by atoms with Gasteiger partial charge in [-0.2, -0.15) is 0 Å². The molecule has 238 valence electrons. The van der Waals surface area contributed by atoms with Gasteiger partial charge in [-0.3, -0.25) is 9.36 Å². The third-order valence-corrected chi connectivity index (χ3v) is 8.63. The minimum Gasteiger partial charge on any atom is -0.497 e. The van der Waals surface area contributed by atoms with Crippen molar-refractivity contribution in [1.82, 2.24) is 4.57 Å². The Morgan fingerprint density at radius 1 is 0.936 bits per heavy atom. The lowest BCUT2D eigenvalue weighted by Gasteiger charge is -2.26. The summed E-state index contributed by atoms with van der Waals surface area (Å²) in [7, 11) is 3.09. The molecule has 0 saturated heterocycles. The molecular weight excluding hydrogens is 619 g/mol. The van der Waals surface area contributed by atoms with Crippen LogP contribution in [0, 0.1) is 5.82 Å². The van der Waals surface area contributed by atoms with Crippen LogP contribution in [0.5, 0.6) is 17.2 Å². The molecule has 1 aliphatic heterocycles. The Balaban J connectivity index is 1.55. The average Bonchev–Trinajstić information content (AvgIpc) is 3.41. The van der Waals surface area contributed by atoms with Crippen LogP contribution in [-0.4, -0.2) is 31.4 Å². The first kappa shape index (κ1) is 31.5. The predicted molar refractivity (Wildman–Crippen MR) is 178 cm³/mol. The number of rotatable bonds is 10. The average molecular weight is 651 g/mol. The highest BCUT2D eigenvalue weighted by atomic mass is 32.1. The Morgan fingerprint density at radius 2 is 1.68 bits per heavy atom. The Bertz CT molecular complexity index is 2140. The van der Waals surface area contributed by atoms with Crippen LogP contribution in [0.25, 0.3) is 11.8 Å². The number of nitrogens with zero attached hydrogens (tertiary/aromatic N) is 2. The van der Waals surface area contributed by atoms with Gasteiger partial charge < -0.3 is 18.9 Å². The fourth-order valence-electron chi connectivity index (χ4n) is 5.41. The lowest BCUT2D eigenvalue weighted by atomic mass is 9.93. The molecule has 47 heavy (non-hydrogen) atoms. The van der Waals surface area contributed by atoms with Crippen molar-refractivity contribution in [2.45, 2.75) is 19.6 Å². The standard InChI is InChI=1S/C37H31FN2O6S/c1-4-45-36(42)31-32(23-11-6-5-7-12-23)39-37-40(33(31)24-17-19-27(43-2)20-18-24)35(41)30(47-37)21-25-14-10-16-29(44-3)34(25)46-22-26-13-8-9-15-28(26)38/h5-21,33H,4,22H2,1-3H3/b30-21-/t33-/m0/s1. The van der Waals surface area contributed by atoms with Gasteiger partial charge in [0.25, 0.3) is 5.56 Å². The molecule has 0 aliphatic carbocycles. The van der Waals surface area contributed by atoms with E-state index in [0.29, 0.717) is 54.5 Å². The normalized spacial score (nSPS) is 14.3. The fraction of sp³-hybridized carbons (Fsp3) is 0.162.